The van der Waals surface area contributed by atoms with Gasteiger partial charge in [-0.3, -0.25) is 10.1 Å². The van der Waals surface area contributed by atoms with Crippen molar-refractivity contribution in [1.82, 2.24) is 0 Å². The van der Waals surface area contributed by atoms with Crippen LogP contribution in [0.5, 0.6) is 0 Å². The normalized spacial score (nSPS) is 12.5. The van der Waals surface area contributed by atoms with Crippen LogP contribution in [-0.2, 0) is 0 Å². The largest absolute Gasteiger partial charge is 0.394 e. The van der Waals surface area contributed by atoms with Crippen molar-refractivity contribution in [3.63, 3.8) is 0 Å². The number of hydrogen-bond acceptors (Lipinski definition) is 5. The quantitative estimate of drug-likeness (QED) is 0.489. The van der Waals surface area contributed by atoms with Gasteiger partial charge in [-0.1, -0.05) is 11.6 Å². The molecule has 0 heterocycles. The van der Waals surface area contributed by atoms with Crippen molar-refractivity contribution in [3.05, 3.63) is 32.8 Å². The minimum atomic E-state index is -0.812. The van der Waals surface area contributed by atoms with E-state index in [1.165, 1.54) is 23.9 Å². The second kappa shape index (κ2) is 6.20. The van der Waals surface area contributed by atoms with Gasteiger partial charge in [-0.05, 0) is 18.6 Å². The third kappa shape index (κ3) is 3.85. The number of halogens is 1. The molecule has 1 aromatic rings. The van der Waals surface area contributed by atoms with Crippen LogP contribution in [0.4, 0.5) is 5.69 Å². The van der Waals surface area contributed by atoms with Crippen molar-refractivity contribution in [2.75, 3.05) is 12.4 Å². The molecule has 0 aliphatic carbocycles. The van der Waals surface area contributed by atoms with Crippen LogP contribution in [-0.4, -0.2) is 33.6 Å². The monoisotopic (exact) mass is 277 g/mol. The van der Waals surface area contributed by atoms with Gasteiger partial charge in [-0.15, -0.1) is 11.8 Å². The van der Waals surface area contributed by atoms with E-state index in [2.05, 4.69) is 0 Å². The third-order valence-corrected chi connectivity index (χ3v) is 3.69. The van der Waals surface area contributed by atoms with Crippen LogP contribution < -0.4 is 0 Å². The molecule has 0 fully saturated rings. The summed E-state index contributed by atoms with van der Waals surface area (Å²) >= 11 is 7.08. The van der Waals surface area contributed by atoms with Gasteiger partial charge in [0.05, 0.1) is 17.6 Å². The number of benzene rings is 1. The first-order chi connectivity index (χ1) is 7.95. The molecule has 2 N–H and O–H groups in total. The van der Waals surface area contributed by atoms with Gasteiger partial charge in [-0.25, -0.2) is 0 Å². The predicted molar refractivity (Wildman–Crippen MR) is 66.7 cm³/mol. The summed E-state index contributed by atoms with van der Waals surface area (Å²) in [6.45, 7) is 1.42. The Morgan fingerprint density at radius 2 is 2.24 bits per heavy atom. The van der Waals surface area contributed by atoms with Gasteiger partial charge in [0.2, 0.25) is 0 Å². The molecule has 1 unspecified atom stereocenters. The Balaban J connectivity index is 2.88. The van der Waals surface area contributed by atoms with Crippen LogP contribution in [0.2, 0.25) is 5.02 Å². The van der Waals surface area contributed by atoms with Crippen molar-refractivity contribution < 1.29 is 15.1 Å². The maximum atomic E-state index is 10.6. The van der Waals surface area contributed by atoms with Crippen LogP contribution >= 0.6 is 23.4 Å². The number of hydrogen-bond donors (Lipinski definition) is 2. The number of thioether (sulfide) groups is 1. The fraction of sp³-hybridized carbons (Fsp3) is 0.400. The molecule has 1 atom stereocenters. The molecule has 7 heteroatoms. The second-order valence-corrected chi connectivity index (χ2v) is 4.94. The van der Waals surface area contributed by atoms with Crippen LogP contribution in [0, 0.1) is 17.0 Å². The van der Waals surface area contributed by atoms with Gasteiger partial charge in [0, 0.05) is 16.7 Å². The van der Waals surface area contributed by atoms with Crippen LogP contribution in [0.1, 0.15) is 5.56 Å². The molecule has 0 aromatic heterocycles. The molecular formula is C10H12ClNO4S. The van der Waals surface area contributed by atoms with E-state index in [0.717, 1.165) is 10.5 Å². The first kappa shape index (κ1) is 14.2. The number of nitro groups is 1. The Kier molecular flexibility index (Phi) is 5.20. The minimum Gasteiger partial charge on any atom is -0.394 e. The van der Waals surface area contributed by atoms with Crippen molar-refractivity contribution in [2.45, 2.75) is 17.9 Å². The van der Waals surface area contributed by atoms with Crippen molar-refractivity contribution in [1.29, 1.82) is 0 Å². The average molecular weight is 278 g/mol. The zero-order chi connectivity index (χ0) is 13.0. The predicted octanol–water partition coefficient (Wildman–Crippen LogP) is 2.00. The molecule has 1 aromatic carbocycles. The summed E-state index contributed by atoms with van der Waals surface area (Å²) < 4.78 is 0. The summed E-state index contributed by atoms with van der Waals surface area (Å²) in [6, 6.07) is 2.90. The van der Waals surface area contributed by atoms with E-state index in [0.29, 0.717) is 5.75 Å². The molecule has 5 nitrogen and oxygen atoms in total. The zero-order valence-corrected chi connectivity index (χ0v) is 10.7. The maximum Gasteiger partial charge on any atom is 0.288 e. The van der Waals surface area contributed by atoms with E-state index >= 15 is 0 Å². The third-order valence-electron chi connectivity index (χ3n) is 2.08. The molecule has 94 valence electrons. The summed E-state index contributed by atoms with van der Waals surface area (Å²) in [5, 5.41) is 28.6. The molecule has 0 saturated heterocycles. The molecule has 0 spiro atoms. The summed E-state index contributed by atoms with van der Waals surface area (Å²) in [6.07, 6.45) is -0.812. The molecule has 0 aliphatic heterocycles. The van der Waals surface area contributed by atoms with Crippen LogP contribution in [0.3, 0.4) is 0 Å². The molecule has 0 bridgehead atoms. The number of aryl methyl sites for hydroxylation is 1. The Bertz CT molecular complexity index is 427. The molecule has 0 saturated carbocycles. The lowest BCUT2D eigenvalue weighted by Crippen LogP contribution is -2.14. The van der Waals surface area contributed by atoms with Crippen molar-refractivity contribution in [2.24, 2.45) is 0 Å². The van der Waals surface area contributed by atoms with Gasteiger partial charge in [0.25, 0.3) is 5.69 Å². The number of nitro benzene ring substituents is 1. The van der Waals surface area contributed by atoms with E-state index in [1.807, 2.05) is 0 Å². The van der Waals surface area contributed by atoms with E-state index in [9.17, 15) is 15.2 Å². The molecule has 0 radical (unpaired) electrons. The SMILES string of the molecule is Cc1cc([N+](=O)[O-])c(Cl)cc1SCC(O)CO. The van der Waals surface area contributed by atoms with Gasteiger partial charge in [0.15, 0.2) is 0 Å². The highest BCUT2D eigenvalue weighted by atomic mass is 35.5. The van der Waals surface area contributed by atoms with Crippen molar-refractivity contribution >= 4 is 29.1 Å². The lowest BCUT2D eigenvalue weighted by Gasteiger charge is -2.09. The Morgan fingerprint density at radius 3 is 2.76 bits per heavy atom. The Morgan fingerprint density at radius 1 is 1.59 bits per heavy atom. The van der Waals surface area contributed by atoms with Crippen molar-refractivity contribution in [3.8, 4) is 0 Å². The summed E-state index contributed by atoms with van der Waals surface area (Å²) in [5.74, 6) is 0.311. The number of rotatable bonds is 5. The highest BCUT2D eigenvalue weighted by Crippen LogP contribution is 2.33. The summed E-state index contributed by atoms with van der Waals surface area (Å²) in [5.41, 5.74) is 0.590. The smallest absolute Gasteiger partial charge is 0.288 e. The molecule has 0 aliphatic rings. The molecule has 17 heavy (non-hydrogen) atoms. The van der Waals surface area contributed by atoms with E-state index in [1.54, 1.807) is 6.92 Å². The zero-order valence-electron chi connectivity index (χ0n) is 9.09. The first-order valence-corrected chi connectivity index (χ1v) is 6.18. The second-order valence-electron chi connectivity index (χ2n) is 3.47. The number of aliphatic hydroxyl groups excluding tert-OH is 2. The summed E-state index contributed by atoms with van der Waals surface area (Å²) in [4.78, 5) is 10.9. The van der Waals surface area contributed by atoms with Gasteiger partial charge in [-0.2, -0.15) is 0 Å². The topological polar surface area (TPSA) is 83.6 Å². The average Bonchev–Trinajstić information content (AvgIpc) is 2.28. The minimum absolute atomic E-state index is 0.0709. The van der Waals surface area contributed by atoms with E-state index in [4.69, 9.17) is 16.7 Å². The van der Waals surface area contributed by atoms with Crippen LogP contribution in [0.15, 0.2) is 17.0 Å². The molecule has 1 rings (SSSR count). The Labute approximate surface area is 108 Å². The number of nitrogens with zero attached hydrogens (tertiary/aromatic N) is 1. The maximum absolute atomic E-state index is 10.6. The lowest BCUT2D eigenvalue weighted by molar-refractivity contribution is -0.384. The Hall–Kier alpha value is -0.820. The standard InChI is InChI=1S/C10H12ClNO4S/c1-6-2-9(12(15)16)8(11)3-10(6)17-5-7(14)4-13/h2-3,7,13-14H,4-5H2,1H3. The van der Waals surface area contributed by atoms with Gasteiger partial charge in [0.1, 0.15) is 5.02 Å². The molecular weight excluding hydrogens is 266 g/mol. The van der Waals surface area contributed by atoms with E-state index in [-0.39, 0.29) is 17.3 Å². The highest BCUT2D eigenvalue weighted by molar-refractivity contribution is 7.99. The molecule has 0 amide bonds. The van der Waals surface area contributed by atoms with Gasteiger partial charge >= 0.3 is 0 Å². The first-order valence-electron chi connectivity index (χ1n) is 4.82. The highest BCUT2D eigenvalue weighted by Gasteiger charge is 2.15. The summed E-state index contributed by atoms with van der Waals surface area (Å²) in [7, 11) is 0. The number of aliphatic hydroxyl groups is 2. The fourth-order valence-corrected chi connectivity index (χ4v) is 2.44. The fourth-order valence-electron chi connectivity index (χ4n) is 1.18. The van der Waals surface area contributed by atoms with E-state index < -0.39 is 11.0 Å². The van der Waals surface area contributed by atoms with Gasteiger partial charge < -0.3 is 10.2 Å². The van der Waals surface area contributed by atoms with Crippen LogP contribution in [0.25, 0.3) is 0 Å². The lowest BCUT2D eigenvalue weighted by atomic mass is 10.2.